The van der Waals surface area contributed by atoms with Gasteiger partial charge < -0.3 is 11.1 Å². The molecule has 0 aliphatic carbocycles. The van der Waals surface area contributed by atoms with Crippen molar-refractivity contribution in [1.29, 1.82) is 0 Å². The van der Waals surface area contributed by atoms with Crippen molar-refractivity contribution in [3.05, 3.63) is 4.88 Å². The van der Waals surface area contributed by atoms with Gasteiger partial charge in [-0.05, 0) is 6.42 Å². The van der Waals surface area contributed by atoms with Crippen LogP contribution < -0.4 is 11.1 Å². The lowest BCUT2D eigenvalue weighted by Gasteiger charge is -2.07. The molecule has 1 heterocycles. The van der Waals surface area contributed by atoms with E-state index in [1.54, 1.807) is 6.92 Å². The van der Waals surface area contributed by atoms with Gasteiger partial charge in [0.05, 0.1) is 16.3 Å². The molecule has 7 heteroatoms. The van der Waals surface area contributed by atoms with E-state index in [-0.39, 0.29) is 22.1 Å². The lowest BCUT2D eigenvalue weighted by Crippen LogP contribution is -2.10. The Bertz CT molecular complexity index is 577. The van der Waals surface area contributed by atoms with E-state index in [2.05, 4.69) is 12.2 Å². The summed E-state index contributed by atoms with van der Waals surface area (Å²) in [6.07, 6.45) is 3.12. The molecule has 0 atom stereocenters. The molecule has 3 N–H and O–H groups in total. The van der Waals surface area contributed by atoms with E-state index in [1.165, 1.54) is 6.92 Å². The van der Waals surface area contributed by atoms with Gasteiger partial charge in [0, 0.05) is 13.5 Å². The number of nitrogen functional groups attached to an aromatic ring is 1. The molecule has 0 unspecified atom stereocenters. The number of thiophene rings is 1. The van der Waals surface area contributed by atoms with Crippen LogP contribution in [0.4, 0.5) is 10.7 Å². The first-order valence-electron chi connectivity index (χ1n) is 6.74. The third kappa shape index (κ3) is 3.73. The average molecular weight is 318 g/mol. The first kappa shape index (κ1) is 17.0. The van der Waals surface area contributed by atoms with Crippen molar-refractivity contribution in [2.24, 2.45) is 0 Å². The Kier molecular flexibility index (Phi) is 6.01. The van der Waals surface area contributed by atoms with Crippen LogP contribution in [0.1, 0.15) is 49.7 Å². The summed E-state index contributed by atoms with van der Waals surface area (Å²) in [5.41, 5.74) is 5.95. The van der Waals surface area contributed by atoms with Gasteiger partial charge >= 0.3 is 0 Å². The number of sulfone groups is 1. The number of anilines is 2. The van der Waals surface area contributed by atoms with E-state index in [4.69, 9.17) is 5.73 Å². The summed E-state index contributed by atoms with van der Waals surface area (Å²) in [6.45, 7) is 5.74. The first-order chi connectivity index (χ1) is 9.35. The second-order valence-electron chi connectivity index (χ2n) is 4.60. The van der Waals surface area contributed by atoms with E-state index < -0.39 is 9.84 Å². The second kappa shape index (κ2) is 7.08. The van der Waals surface area contributed by atoms with Gasteiger partial charge in [-0.15, -0.1) is 11.3 Å². The van der Waals surface area contributed by atoms with Crippen LogP contribution in [0.5, 0.6) is 0 Å². The summed E-state index contributed by atoms with van der Waals surface area (Å²) >= 11 is 1.13. The second-order valence-corrected chi connectivity index (χ2v) is 7.83. The van der Waals surface area contributed by atoms with Crippen LogP contribution >= 0.6 is 11.3 Å². The van der Waals surface area contributed by atoms with Crippen LogP contribution in [0, 0.1) is 0 Å². The molecule has 0 radical (unpaired) electrons. The summed E-state index contributed by atoms with van der Waals surface area (Å²) < 4.78 is 24.3. The molecule has 1 aromatic heterocycles. The van der Waals surface area contributed by atoms with Gasteiger partial charge in [-0.2, -0.15) is 0 Å². The average Bonchev–Trinajstić information content (AvgIpc) is 2.72. The van der Waals surface area contributed by atoms with Gasteiger partial charge in [-0.1, -0.05) is 26.7 Å². The highest BCUT2D eigenvalue weighted by molar-refractivity contribution is 7.91. The van der Waals surface area contributed by atoms with Crippen molar-refractivity contribution in [1.82, 2.24) is 0 Å². The lowest BCUT2D eigenvalue weighted by atomic mass is 10.2. The van der Waals surface area contributed by atoms with Crippen molar-refractivity contribution in [3.8, 4) is 0 Å². The molecule has 20 heavy (non-hydrogen) atoms. The zero-order valence-corrected chi connectivity index (χ0v) is 13.8. The largest absolute Gasteiger partial charge is 0.396 e. The lowest BCUT2D eigenvalue weighted by molar-refractivity contribution is 0.102. The molecule has 0 fully saturated rings. The standard InChI is InChI=1S/C13H22N2O3S2/c1-4-6-7-8-15-13-12(20(17,18)5-2)10(14)11(19-13)9(3)16/h15H,4-8,14H2,1-3H3. The van der Waals surface area contributed by atoms with Crippen molar-refractivity contribution in [2.75, 3.05) is 23.3 Å². The topological polar surface area (TPSA) is 89.3 Å². The van der Waals surface area contributed by atoms with Gasteiger partial charge in [0.25, 0.3) is 0 Å². The van der Waals surface area contributed by atoms with Gasteiger partial charge in [0.2, 0.25) is 0 Å². The minimum absolute atomic E-state index is 0.0328. The predicted molar refractivity (Wildman–Crippen MR) is 84.5 cm³/mol. The SMILES string of the molecule is CCCCCNc1sc(C(C)=O)c(N)c1S(=O)(=O)CC. The molecule has 114 valence electrons. The smallest absolute Gasteiger partial charge is 0.183 e. The Labute approximate surface area is 124 Å². The zero-order chi connectivity index (χ0) is 15.3. The fourth-order valence-corrected chi connectivity index (χ4v) is 4.42. The predicted octanol–water partition coefficient (Wildman–Crippen LogP) is 2.93. The Morgan fingerprint density at radius 2 is 1.95 bits per heavy atom. The summed E-state index contributed by atoms with van der Waals surface area (Å²) in [4.78, 5) is 11.9. The summed E-state index contributed by atoms with van der Waals surface area (Å²) in [7, 11) is -3.44. The van der Waals surface area contributed by atoms with Crippen molar-refractivity contribution in [3.63, 3.8) is 0 Å². The molecule has 0 saturated carbocycles. The fourth-order valence-electron chi connectivity index (χ4n) is 1.84. The summed E-state index contributed by atoms with van der Waals surface area (Å²) in [5.74, 6) is -0.240. The summed E-state index contributed by atoms with van der Waals surface area (Å²) in [5, 5.41) is 3.60. The quantitative estimate of drug-likeness (QED) is 0.568. The van der Waals surface area contributed by atoms with Crippen LogP contribution in [0.2, 0.25) is 0 Å². The molecule has 0 aliphatic heterocycles. The molecular weight excluding hydrogens is 296 g/mol. The third-order valence-electron chi connectivity index (χ3n) is 2.98. The molecule has 0 spiro atoms. The number of nitrogens with two attached hydrogens (primary N) is 1. The van der Waals surface area contributed by atoms with Crippen molar-refractivity contribution >= 4 is 37.6 Å². The highest BCUT2D eigenvalue weighted by Gasteiger charge is 2.27. The van der Waals surface area contributed by atoms with E-state index in [0.717, 1.165) is 30.6 Å². The van der Waals surface area contributed by atoms with Crippen molar-refractivity contribution < 1.29 is 13.2 Å². The number of Topliss-reactive ketones (excluding diaryl/α,β-unsaturated/α-hetero) is 1. The first-order valence-corrected chi connectivity index (χ1v) is 9.21. The van der Waals surface area contributed by atoms with Crippen LogP contribution in [0.25, 0.3) is 0 Å². The van der Waals surface area contributed by atoms with Crippen LogP contribution in [0.15, 0.2) is 4.90 Å². The van der Waals surface area contributed by atoms with Crippen molar-refractivity contribution in [2.45, 2.75) is 44.9 Å². The van der Waals surface area contributed by atoms with Crippen LogP contribution in [-0.4, -0.2) is 26.5 Å². The molecule has 0 saturated heterocycles. The molecule has 0 bridgehead atoms. The molecule has 0 amide bonds. The minimum atomic E-state index is -3.44. The number of nitrogens with one attached hydrogen (secondary N) is 1. The normalized spacial score (nSPS) is 11.6. The maximum Gasteiger partial charge on any atom is 0.183 e. The number of rotatable bonds is 8. The number of hydrogen-bond donors (Lipinski definition) is 2. The van der Waals surface area contributed by atoms with E-state index in [9.17, 15) is 13.2 Å². The molecule has 0 aromatic carbocycles. The number of unbranched alkanes of at least 4 members (excludes halogenated alkanes) is 2. The molecule has 1 aromatic rings. The third-order valence-corrected chi connectivity index (χ3v) is 6.18. The van der Waals surface area contributed by atoms with Crippen LogP contribution in [0.3, 0.4) is 0 Å². The van der Waals surface area contributed by atoms with E-state index in [0.29, 0.717) is 16.4 Å². The van der Waals surface area contributed by atoms with Gasteiger partial charge in [-0.25, -0.2) is 8.42 Å². The Morgan fingerprint density at radius 1 is 1.30 bits per heavy atom. The summed E-state index contributed by atoms with van der Waals surface area (Å²) in [6, 6.07) is 0. The van der Waals surface area contributed by atoms with Crippen LogP contribution in [-0.2, 0) is 9.84 Å². The van der Waals surface area contributed by atoms with Gasteiger partial charge in [-0.3, -0.25) is 4.79 Å². The maximum atomic E-state index is 12.1. The highest BCUT2D eigenvalue weighted by Crippen LogP contribution is 2.39. The van der Waals surface area contributed by atoms with Gasteiger partial charge in [0.1, 0.15) is 9.90 Å². The monoisotopic (exact) mass is 318 g/mol. The Morgan fingerprint density at radius 3 is 2.45 bits per heavy atom. The zero-order valence-electron chi connectivity index (χ0n) is 12.2. The number of carbonyl (C=O) groups excluding carboxylic acids is 1. The molecular formula is C13H22N2O3S2. The Hall–Kier alpha value is -1.08. The van der Waals surface area contributed by atoms with Gasteiger partial charge in [0.15, 0.2) is 15.6 Å². The molecule has 0 aliphatic rings. The number of ketones is 1. The fraction of sp³-hybridized carbons (Fsp3) is 0.615. The Balaban J connectivity index is 3.15. The number of hydrogen-bond acceptors (Lipinski definition) is 6. The molecule has 1 rings (SSSR count). The number of carbonyl (C=O) groups is 1. The maximum absolute atomic E-state index is 12.1. The van der Waals surface area contributed by atoms with E-state index >= 15 is 0 Å². The molecule has 5 nitrogen and oxygen atoms in total. The van der Waals surface area contributed by atoms with E-state index in [1.807, 2.05) is 0 Å². The minimum Gasteiger partial charge on any atom is -0.396 e. The highest BCUT2D eigenvalue weighted by atomic mass is 32.2.